The number of fused-ring (bicyclic) bond motifs is 3. The summed E-state index contributed by atoms with van der Waals surface area (Å²) in [6, 6.07) is 14.8. The molecule has 1 heterocycles. The van der Waals surface area contributed by atoms with E-state index in [0.717, 1.165) is 12.8 Å². The van der Waals surface area contributed by atoms with Gasteiger partial charge in [-0.25, -0.2) is 13.2 Å². The van der Waals surface area contributed by atoms with Crippen LogP contribution < -0.4 is 4.72 Å². The quantitative estimate of drug-likeness (QED) is 0.252. The Bertz CT molecular complexity index is 1410. The van der Waals surface area contributed by atoms with Gasteiger partial charge in [-0.05, 0) is 43.7 Å². The summed E-state index contributed by atoms with van der Waals surface area (Å²) in [6.45, 7) is 4.02. The molecule has 0 saturated heterocycles. The van der Waals surface area contributed by atoms with Crippen molar-refractivity contribution < 1.29 is 22.4 Å². The molecule has 4 aromatic rings. The van der Waals surface area contributed by atoms with Crippen LogP contribution in [0.1, 0.15) is 35.9 Å². The second-order valence-electron chi connectivity index (χ2n) is 7.43. The summed E-state index contributed by atoms with van der Waals surface area (Å²) < 4.78 is 40.0. The summed E-state index contributed by atoms with van der Waals surface area (Å²) in [5, 5.41) is 2.28. The molecule has 0 aliphatic rings. The van der Waals surface area contributed by atoms with E-state index in [-0.39, 0.29) is 4.90 Å². The maximum Gasteiger partial charge on any atom is 0.342 e. The number of aryl methyl sites for hydroxylation is 1. The van der Waals surface area contributed by atoms with Gasteiger partial charge in [-0.2, -0.15) is 0 Å². The average Bonchev–Trinajstić information content (AvgIpc) is 3.10. The molecule has 0 atom stereocenters. The Morgan fingerprint density at radius 1 is 1.06 bits per heavy atom. The first kappa shape index (κ1) is 22.2. The molecule has 0 bridgehead atoms. The van der Waals surface area contributed by atoms with Crippen molar-refractivity contribution in [3.8, 4) is 0 Å². The van der Waals surface area contributed by atoms with Crippen molar-refractivity contribution in [1.29, 1.82) is 0 Å². The monoisotopic (exact) mass is 471 g/mol. The van der Waals surface area contributed by atoms with Crippen molar-refractivity contribution in [3.63, 3.8) is 0 Å². The predicted octanol–water partition coefficient (Wildman–Crippen LogP) is 6.31. The molecule has 0 radical (unpaired) electrons. The maximum atomic E-state index is 13.0. The zero-order valence-corrected chi connectivity index (χ0v) is 19.2. The molecule has 166 valence electrons. The van der Waals surface area contributed by atoms with Crippen molar-refractivity contribution in [1.82, 2.24) is 0 Å². The SMILES string of the molecule is CCCCOC(=O)c1c(C)oc2c1cc(NS(=O)(=O)c1ccc(Cl)cc1)c1ccccc12. The van der Waals surface area contributed by atoms with Crippen molar-refractivity contribution in [2.24, 2.45) is 0 Å². The van der Waals surface area contributed by atoms with Crippen LogP contribution in [0.2, 0.25) is 5.02 Å². The van der Waals surface area contributed by atoms with Gasteiger partial charge in [0.2, 0.25) is 0 Å². The van der Waals surface area contributed by atoms with E-state index in [9.17, 15) is 13.2 Å². The summed E-state index contributed by atoms with van der Waals surface area (Å²) in [5.74, 6) is -0.0687. The number of carbonyl (C=O) groups excluding carboxylic acids is 1. The molecule has 0 spiro atoms. The number of furan rings is 1. The Labute approximate surface area is 191 Å². The van der Waals surface area contributed by atoms with E-state index in [2.05, 4.69) is 4.72 Å². The van der Waals surface area contributed by atoms with Crippen LogP contribution in [0.4, 0.5) is 5.69 Å². The van der Waals surface area contributed by atoms with Crippen molar-refractivity contribution >= 4 is 55.0 Å². The molecular weight excluding hydrogens is 450 g/mol. The number of unbranched alkanes of at least 4 members (excludes halogenated alkanes) is 1. The van der Waals surface area contributed by atoms with Crippen LogP contribution in [0.3, 0.4) is 0 Å². The van der Waals surface area contributed by atoms with Gasteiger partial charge in [0.15, 0.2) is 0 Å². The minimum absolute atomic E-state index is 0.0775. The third kappa shape index (κ3) is 4.18. The Kier molecular flexibility index (Phi) is 6.13. The number of rotatable bonds is 7. The Hall–Kier alpha value is -3.03. The van der Waals surface area contributed by atoms with Crippen LogP contribution >= 0.6 is 11.6 Å². The molecule has 0 saturated carbocycles. The highest BCUT2D eigenvalue weighted by Crippen LogP contribution is 2.37. The van der Waals surface area contributed by atoms with Gasteiger partial charge in [0.05, 0.1) is 17.2 Å². The summed E-state index contributed by atoms with van der Waals surface area (Å²) >= 11 is 5.89. The Morgan fingerprint density at radius 2 is 1.75 bits per heavy atom. The van der Waals surface area contributed by atoms with E-state index in [1.165, 1.54) is 24.3 Å². The Balaban J connectivity index is 1.85. The summed E-state index contributed by atoms with van der Waals surface area (Å²) in [6.07, 6.45) is 1.66. The normalized spacial score (nSPS) is 11.7. The fourth-order valence-electron chi connectivity index (χ4n) is 3.58. The fourth-order valence-corrected chi connectivity index (χ4v) is 4.77. The topological polar surface area (TPSA) is 85.6 Å². The van der Waals surface area contributed by atoms with Gasteiger partial charge >= 0.3 is 5.97 Å². The van der Waals surface area contributed by atoms with E-state index in [1.807, 2.05) is 25.1 Å². The van der Waals surface area contributed by atoms with Crippen molar-refractivity contribution in [2.45, 2.75) is 31.6 Å². The van der Waals surface area contributed by atoms with Gasteiger partial charge < -0.3 is 9.15 Å². The summed E-state index contributed by atoms with van der Waals surface area (Å²) in [5.41, 5.74) is 1.15. The molecule has 0 aliphatic heterocycles. The minimum Gasteiger partial charge on any atom is -0.462 e. The molecule has 4 rings (SSSR count). The van der Waals surface area contributed by atoms with Gasteiger partial charge in [-0.3, -0.25) is 4.72 Å². The largest absolute Gasteiger partial charge is 0.462 e. The lowest BCUT2D eigenvalue weighted by Crippen LogP contribution is -2.13. The van der Waals surface area contributed by atoms with Crippen molar-refractivity contribution in [3.05, 3.63) is 70.9 Å². The van der Waals surface area contributed by atoms with Crippen molar-refractivity contribution in [2.75, 3.05) is 11.3 Å². The third-order valence-corrected chi connectivity index (χ3v) is 6.81. The van der Waals surface area contributed by atoms with Gasteiger partial charge in [-0.1, -0.05) is 49.2 Å². The number of esters is 1. The highest BCUT2D eigenvalue weighted by Gasteiger charge is 2.24. The molecular formula is C24H22ClNO5S. The molecule has 8 heteroatoms. The number of hydrogen-bond acceptors (Lipinski definition) is 5. The zero-order chi connectivity index (χ0) is 22.9. The zero-order valence-electron chi connectivity index (χ0n) is 17.6. The first-order chi connectivity index (χ1) is 15.3. The number of sulfonamides is 1. The smallest absolute Gasteiger partial charge is 0.342 e. The van der Waals surface area contributed by atoms with E-state index in [4.69, 9.17) is 20.8 Å². The maximum absolute atomic E-state index is 13.0. The molecule has 32 heavy (non-hydrogen) atoms. The second kappa shape index (κ2) is 8.84. The Morgan fingerprint density at radius 3 is 2.44 bits per heavy atom. The highest BCUT2D eigenvalue weighted by molar-refractivity contribution is 7.92. The van der Waals surface area contributed by atoms with Crippen LogP contribution in [0.15, 0.2) is 63.9 Å². The lowest BCUT2D eigenvalue weighted by molar-refractivity contribution is 0.0500. The number of halogens is 1. The molecule has 6 nitrogen and oxygen atoms in total. The molecule has 0 amide bonds. The summed E-state index contributed by atoms with van der Waals surface area (Å²) in [4.78, 5) is 12.8. The van der Waals surface area contributed by atoms with Crippen LogP contribution in [-0.2, 0) is 14.8 Å². The van der Waals surface area contributed by atoms with Gasteiger partial charge in [0, 0.05) is 21.2 Å². The van der Waals surface area contributed by atoms with Crippen LogP contribution in [0.25, 0.3) is 21.7 Å². The lowest BCUT2D eigenvalue weighted by atomic mass is 10.0. The molecule has 0 fully saturated rings. The minimum atomic E-state index is -3.89. The van der Waals surface area contributed by atoms with Gasteiger partial charge in [0.1, 0.15) is 16.9 Å². The number of nitrogens with one attached hydrogen (secondary N) is 1. The van der Waals surface area contributed by atoms with Crippen LogP contribution in [-0.4, -0.2) is 21.0 Å². The predicted molar refractivity (Wildman–Crippen MR) is 126 cm³/mol. The average molecular weight is 472 g/mol. The molecule has 0 unspecified atom stereocenters. The van der Waals surface area contributed by atoms with Gasteiger partial charge in [0.25, 0.3) is 10.0 Å². The molecule has 0 aliphatic carbocycles. The van der Waals surface area contributed by atoms with Crippen LogP contribution in [0.5, 0.6) is 0 Å². The first-order valence-electron chi connectivity index (χ1n) is 10.2. The lowest BCUT2D eigenvalue weighted by Gasteiger charge is -2.12. The molecule has 1 aromatic heterocycles. The van der Waals surface area contributed by atoms with E-state index < -0.39 is 16.0 Å². The van der Waals surface area contributed by atoms with E-state index in [1.54, 1.807) is 19.1 Å². The molecule has 3 aromatic carbocycles. The van der Waals surface area contributed by atoms with Crippen LogP contribution in [0, 0.1) is 6.92 Å². The van der Waals surface area contributed by atoms with Gasteiger partial charge in [-0.15, -0.1) is 0 Å². The number of carbonyl (C=O) groups is 1. The van der Waals surface area contributed by atoms with E-state index in [0.29, 0.717) is 50.4 Å². The number of benzene rings is 3. The number of hydrogen-bond donors (Lipinski definition) is 1. The third-order valence-electron chi connectivity index (χ3n) is 5.18. The second-order valence-corrected chi connectivity index (χ2v) is 9.55. The number of ether oxygens (including phenoxy) is 1. The van der Waals surface area contributed by atoms with E-state index >= 15 is 0 Å². The highest BCUT2D eigenvalue weighted by atomic mass is 35.5. The fraction of sp³-hybridized carbons (Fsp3) is 0.208. The molecule has 1 N–H and O–H groups in total. The summed E-state index contributed by atoms with van der Waals surface area (Å²) in [7, 11) is -3.89. The standard InChI is InChI=1S/C24H22ClNO5S/c1-3-4-13-30-24(27)22-15(2)31-23-19-8-6-5-7-18(19)21(14-20(22)23)26-32(28,29)17-11-9-16(25)10-12-17/h5-12,14,26H,3-4,13H2,1-2H3. The first-order valence-corrected chi connectivity index (χ1v) is 12.1. The number of anilines is 1.